The van der Waals surface area contributed by atoms with Gasteiger partial charge in [-0.15, -0.1) is 0 Å². The van der Waals surface area contributed by atoms with Gasteiger partial charge in [0.2, 0.25) is 0 Å². The van der Waals surface area contributed by atoms with E-state index in [0.29, 0.717) is 5.69 Å². The van der Waals surface area contributed by atoms with Gasteiger partial charge in [0.05, 0.1) is 22.4 Å². The number of hydrogen-bond donors (Lipinski definition) is 1. The Labute approximate surface area is 130 Å². The molecule has 0 saturated heterocycles. The summed E-state index contributed by atoms with van der Waals surface area (Å²) in [6, 6.07) is 6.67. The standard InChI is InChI=1S/C16H13F3N2O2/c17-16(18,19)10-4-6-21-13(7-10)15(8-11(22)9-15)14(23)12-3-1-2-5-20-12/h1-7,14,23H,8-9H2/t14-/m1/s1. The van der Waals surface area contributed by atoms with Crippen molar-refractivity contribution in [3.05, 3.63) is 59.7 Å². The van der Waals surface area contributed by atoms with Crippen LogP contribution in [0.4, 0.5) is 13.2 Å². The topological polar surface area (TPSA) is 63.1 Å². The van der Waals surface area contributed by atoms with E-state index in [2.05, 4.69) is 9.97 Å². The Hall–Kier alpha value is -2.28. The lowest BCUT2D eigenvalue weighted by atomic mass is 9.61. The van der Waals surface area contributed by atoms with Gasteiger partial charge in [0.1, 0.15) is 11.9 Å². The van der Waals surface area contributed by atoms with Crippen molar-refractivity contribution in [2.75, 3.05) is 0 Å². The number of rotatable bonds is 3. The van der Waals surface area contributed by atoms with E-state index >= 15 is 0 Å². The highest BCUT2D eigenvalue weighted by atomic mass is 19.4. The molecular weight excluding hydrogens is 309 g/mol. The van der Waals surface area contributed by atoms with Gasteiger partial charge in [0, 0.05) is 25.2 Å². The summed E-state index contributed by atoms with van der Waals surface area (Å²) in [6.45, 7) is 0. The molecule has 0 aliphatic heterocycles. The number of ketones is 1. The summed E-state index contributed by atoms with van der Waals surface area (Å²) in [4.78, 5) is 19.5. The Bertz CT molecular complexity index is 724. The minimum atomic E-state index is -4.51. The Morgan fingerprint density at radius 3 is 2.43 bits per heavy atom. The number of Topliss-reactive ketones (excluding diaryl/α,β-unsaturated/α-hetero) is 1. The molecule has 3 rings (SSSR count). The maximum Gasteiger partial charge on any atom is 0.416 e. The smallest absolute Gasteiger partial charge is 0.386 e. The number of carbonyl (C=O) groups excluding carboxylic acids is 1. The third kappa shape index (κ3) is 2.72. The molecule has 1 aliphatic rings. The second-order valence-corrected chi connectivity index (χ2v) is 5.63. The molecule has 1 fully saturated rings. The van der Waals surface area contributed by atoms with Gasteiger partial charge < -0.3 is 5.11 Å². The van der Waals surface area contributed by atoms with Crippen LogP contribution in [0.5, 0.6) is 0 Å². The summed E-state index contributed by atoms with van der Waals surface area (Å²) in [5.41, 5.74) is -1.65. The molecule has 0 radical (unpaired) electrons. The summed E-state index contributed by atoms with van der Waals surface area (Å²) in [7, 11) is 0. The van der Waals surface area contributed by atoms with Crippen molar-refractivity contribution in [3.63, 3.8) is 0 Å². The Kier molecular flexibility index (Phi) is 3.68. The van der Waals surface area contributed by atoms with E-state index in [1.165, 1.54) is 6.20 Å². The predicted octanol–water partition coefficient (Wildman–Crippen LogP) is 2.83. The molecule has 1 N–H and O–H groups in total. The highest BCUT2D eigenvalue weighted by Gasteiger charge is 2.52. The summed E-state index contributed by atoms with van der Waals surface area (Å²) in [5.74, 6) is -0.126. The molecule has 0 amide bonds. The van der Waals surface area contributed by atoms with Gasteiger partial charge in [-0.25, -0.2) is 0 Å². The van der Waals surface area contributed by atoms with E-state index in [1.807, 2.05) is 0 Å². The lowest BCUT2D eigenvalue weighted by Gasteiger charge is -2.43. The zero-order valence-corrected chi connectivity index (χ0v) is 11.9. The maximum atomic E-state index is 12.9. The molecule has 1 aliphatic carbocycles. The number of aliphatic hydroxyl groups is 1. The van der Waals surface area contributed by atoms with Crippen molar-refractivity contribution in [1.82, 2.24) is 9.97 Å². The van der Waals surface area contributed by atoms with Crippen LogP contribution in [0.25, 0.3) is 0 Å². The first-order valence-electron chi connectivity index (χ1n) is 6.97. The average Bonchev–Trinajstić information content (AvgIpc) is 2.51. The van der Waals surface area contributed by atoms with Crippen molar-refractivity contribution in [2.45, 2.75) is 30.5 Å². The molecule has 2 heterocycles. The molecule has 120 valence electrons. The molecule has 7 heteroatoms. The number of hydrogen-bond acceptors (Lipinski definition) is 4. The summed E-state index contributed by atoms with van der Waals surface area (Å²) < 4.78 is 38.7. The molecule has 23 heavy (non-hydrogen) atoms. The minimum absolute atomic E-state index is 0.0565. The number of carbonyl (C=O) groups is 1. The van der Waals surface area contributed by atoms with Crippen LogP contribution in [0, 0.1) is 0 Å². The fourth-order valence-corrected chi connectivity index (χ4v) is 2.87. The zero-order valence-electron chi connectivity index (χ0n) is 11.9. The van der Waals surface area contributed by atoms with Crippen LogP contribution in [0.1, 0.15) is 35.9 Å². The van der Waals surface area contributed by atoms with Crippen LogP contribution in [0.2, 0.25) is 0 Å². The van der Waals surface area contributed by atoms with Crippen LogP contribution >= 0.6 is 0 Å². The van der Waals surface area contributed by atoms with E-state index in [9.17, 15) is 23.1 Å². The molecule has 1 atom stereocenters. The van der Waals surface area contributed by atoms with Gasteiger partial charge in [-0.3, -0.25) is 14.8 Å². The monoisotopic (exact) mass is 322 g/mol. The average molecular weight is 322 g/mol. The number of aliphatic hydroxyl groups excluding tert-OH is 1. The highest BCUT2D eigenvalue weighted by Crippen LogP contribution is 2.49. The Morgan fingerprint density at radius 1 is 1.13 bits per heavy atom. The van der Waals surface area contributed by atoms with Gasteiger partial charge in [-0.1, -0.05) is 6.07 Å². The quantitative estimate of drug-likeness (QED) is 0.944. The number of pyridine rings is 2. The van der Waals surface area contributed by atoms with E-state index < -0.39 is 23.3 Å². The first-order chi connectivity index (χ1) is 10.8. The Balaban J connectivity index is 2.04. The van der Waals surface area contributed by atoms with Crippen molar-refractivity contribution in [2.24, 2.45) is 0 Å². The van der Waals surface area contributed by atoms with E-state index in [1.54, 1.807) is 18.2 Å². The fourth-order valence-electron chi connectivity index (χ4n) is 2.87. The van der Waals surface area contributed by atoms with Crippen LogP contribution < -0.4 is 0 Å². The zero-order chi connectivity index (χ0) is 16.7. The lowest BCUT2D eigenvalue weighted by Crippen LogP contribution is -2.47. The van der Waals surface area contributed by atoms with E-state index in [0.717, 1.165) is 18.3 Å². The van der Waals surface area contributed by atoms with Crippen LogP contribution in [0.3, 0.4) is 0 Å². The molecule has 2 aromatic rings. The fraction of sp³-hybridized carbons (Fsp3) is 0.312. The van der Waals surface area contributed by atoms with Crippen LogP contribution in [-0.4, -0.2) is 20.9 Å². The third-order valence-electron chi connectivity index (χ3n) is 4.11. The largest absolute Gasteiger partial charge is 0.416 e. The number of aromatic nitrogens is 2. The SMILES string of the molecule is O=C1CC(c2cc(C(F)(F)F)ccn2)([C@H](O)c2ccccn2)C1. The van der Waals surface area contributed by atoms with Gasteiger partial charge in [0.15, 0.2) is 0 Å². The molecular formula is C16H13F3N2O2. The van der Waals surface area contributed by atoms with Gasteiger partial charge >= 0.3 is 6.18 Å². The van der Waals surface area contributed by atoms with Gasteiger partial charge in [-0.05, 0) is 24.3 Å². The predicted molar refractivity (Wildman–Crippen MR) is 74.4 cm³/mol. The molecule has 1 saturated carbocycles. The van der Waals surface area contributed by atoms with E-state index in [4.69, 9.17) is 0 Å². The normalized spacial score (nSPS) is 18.3. The maximum absolute atomic E-state index is 12.9. The highest BCUT2D eigenvalue weighted by molar-refractivity contribution is 5.88. The molecule has 0 bridgehead atoms. The summed E-state index contributed by atoms with van der Waals surface area (Å²) >= 11 is 0. The van der Waals surface area contributed by atoms with Crippen molar-refractivity contribution in [1.29, 1.82) is 0 Å². The summed E-state index contributed by atoms with van der Waals surface area (Å²) in [6.07, 6.45) is -3.29. The number of nitrogens with zero attached hydrogens (tertiary/aromatic N) is 2. The minimum Gasteiger partial charge on any atom is -0.386 e. The molecule has 2 aromatic heterocycles. The lowest BCUT2D eigenvalue weighted by molar-refractivity contribution is -0.138. The first-order valence-corrected chi connectivity index (χ1v) is 6.97. The Morgan fingerprint density at radius 2 is 1.87 bits per heavy atom. The number of alkyl halides is 3. The summed E-state index contributed by atoms with van der Waals surface area (Å²) in [5, 5.41) is 10.6. The first kappa shape index (κ1) is 15.6. The number of halogens is 3. The van der Waals surface area contributed by atoms with Crippen molar-refractivity contribution in [3.8, 4) is 0 Å². The molecule has 0 unspecified atom stereocenters. The van der Waals surface area contributed by atoms with E-state index in [-0.39, 0.29) is 24.3 Å². The van der Waals surface area contributed by atoms with Crippen molar-refractivity contribution < 1.29 is 23.1 Å². The third-order valence-corrected chi connectivity index (χ3v) is 4.11. The van der Waals surface area contributed by atoms with Crippen LogP contribution in [0.15, 0.2) is 42.7 Å². The van der Waals surface area contributed by atoms with Crippen LogP contribution in [-0.2, 0) is 16.4 Å². The van der Waals surface area contributed by atoms with Crippen molar-refractivity contribution >= 4 is 5.78 Å². The second-order valence-electron chi connectivity index (χ2n) is 5.63. The van der Waals surface area contributed by atoms with Gasteiger partial charge in [0.25, 0.3) is 0 Å². The second kappa shape index (κ2) is 5.42. The van der Waals surface area contributed by atoms with Gasteiger partial charge in [-0.2, -0.15) is 13.2 Å². The molecule has 4 nitrogen and oxygen atoms in total. The molecule has 0 spiro atoms. The molecule has 0 aromatic carbocycles.